The maximum Gasteiger partial charge on any atom is 0.333 e. The van der Waals surface area contributed by atoms with Crippen molar-refractivity contribution in [2.24, 2.45) is 4.99 Å². The molecule has 0 amide bonds. The monoisotopic (exact) mass is 301 g/mol. The second-order valence-electron chi connectivity index (χ2n) is 5.00. The van der Waals surface area contributed by atoms with E-state index in [-0.39, 0.29) is 0 Å². The van der Waals surface area contributed by atoms with Gasteiger partial charge in [0.05, 0.1) is 5.69 Å². The molecule has 3 heterocycles. The Hall–Kier alpha value is -1.99. The predicted molar refractivity (Wildman–Crippen MR) is 80.9 cm³/mol. The molecule has 0 radical (unpaired) electrons. The number of imidazole rings is 1. The van der Waals surface area contributed by atoms with E-state index in [9.17, 15) is 5.21 Å². The average molecular weight is 301 g/mol. The smallest absolute Gasteiger partial charge is 0.333 e. The molecule has 108 valence electrons. The predicted octanol–water partition coefficient (Wildman–Crippen LogP) is 1.03. The lowest BCUT2D eigenvalue weighted by Gasteiger charge is -2.27. The summed E-state index contributed by atoms with van der Waals surface area (Å²) in [5.74, 6) is 0.832. The summed E-state index contributed by atoms with van der Waals surface area (Å²) in [7, 11) is 0. The lowest BCUT2D eigenvalue weighted by Crippen LogP contribution is -2.48. The van der Waals surface area contributed by atoms with Gasteiger partial charge in [-0.2, -0.15) is 9.56 Å². The molecule has 1 aromatic heterocycles. The molecule has 2 aromatic rings. The third kappa shape index (κ3) is 2.18. The minimum atomic E-state index is 0.636. The van der Waals surface area contributed by atoms with Gasteiger partial charge in [-0.15, -0.1) is 0 Å². The van der Waals surface area contributed by atoms with Crippen LogP contribution >= 0.6 is 11.8 Å². The molecule has 2 aliphatic heterocycles. The molecule has 21 heavy (non-hydrogen) atoms. The van der Waals surface area contributed by atoms with Crippen LogP contribution in [0.3, 0.4) is 0 Å². The van der Waals surface area contributed by atoms with E-state index >= 15 is 0 Å². The van der Waals surface area contributed by atoms with Crippen LogP contribution in [-0.4, -0.2) is 41.6 Å². The van der Waals surface area contributed by atoms with Crippen molar-refractivity contribution in [3.8, 4) is 0 Å². The first kappa shape index (κ1) is 12.7. The van der Waals surface area contributed by atoms with Crippen LogP contribution in [0.15, 0.2) is 51.7 Å². The summed E-state index contributed by atoms with van der Waals surface area (Å²) < 4.78 is 2.80. The van der Waals surface area contributed by atoms with E-state index in [0.717, 1.165) is 47.5 Å². The van der Waals surface area contributed by atoms with Crippen LogP contribution in [-0.2, 0) is 0 Å². The second-order valence-corrected chi connectivity index (χ2v) is 6.00. The zero-order valence-corrected chi connectivity index (χ0v) is 12.2. The Kier molecular flexibility index (Phi) is 3.08. The SMILES string of the molecule is [O-][n+]1ccn2c1Sc1ccccc1N=C2N1CCNCC1. The largest absolute Gasteiger partial charge is 0.710 e. The van der Waals surface area contributed by atoms with Crippen molar-refractivity contribution < 1.29 is 4.73 Å². The fourth-order valence-electron chi connectivity index (χ4n) is 2.59. The molecular weight excluding hydrogens is 286 g/mol. The Bertz CT molecular complexity index is 705. The van der Waals surface area contributed by atoms with Crippen LogP contribution < -0.4 is 10.0 Å². The van der Waals surface area contributed by atoms with Crippen LogP contribution in [0, 0.1) is 5.21 Å². The van der Waals surface area contributed by atoms with E-state index in [2.05, 4.69) is 10.2 Å². The van der Waals surface area contributed by atoms with Gasteiger partial charge in [0.15, 0.2) is 0 Å². The first-order chi connectivity index (χ1) is 10.3. The first-order valence-corrected chi connectivity index (χ1v) is 7.77. The lowest BCUT2D eigenvalue weighted by molar-refractivity contribution is -0.645. The maximum atomic E-state index is 12.0. The molecule has 0 unspecified atom stereocenters. The zero-order valence-electron chi connectivity index (χ0n) is 11.4. The van der Waals surface area contributed by atoms with Gasteiger partial charge in [-0.3, -0.25) is 0 Å². The van der Waals surface area contributed by atoms with Crippen LogP contribution in [0.5, 0.6) is 0 Å². The van der Waals surface area contributed by atoms with Gasteiger partial charge in [-0.05, 0) is 12.1 Å². The van der Waals surface area contributed by atoms with Gasteiger partial charge in [0.25, 0.3) is 0 Å². The second kappa shape index (κ2) is 5.09. The van der Waals surface area contributed by atoms with E-state index < -0.39 is 0 Å². The minimum absolute atomic E-state index is 0.636. The summed E-state index contributed by atoms with van der Waals surface area (Å²) in [6.45, 7) is 3.65. The van der Waals surface area contributed by atoms with E-state index in [0.29, 0.717) is 5.16 Å². The number of aromatic nitrogens is 2. The van der Waals surface area contributed by atoms with Crippen LogP contribution in [0.4, 0.5) is 5.69 Å². The number of benzene rings is 1. The van der Waals surface area contributed by atoms with E-state index in [1.165, 1.54) is 18.0 Å². The molecule has 4 rings (SSSR count). The van der Waals surface area contributed by atoms with E-state index in [1.54, 1.807) is 6.20 Å². The highest BCUT2D eigenvalue weighted by Gasteiger charge is 2.29. The molecule has 0 aliphatic carbocycles. The topological polar surface area (TPSA) is 59.5 Å². The molecule has 1 fully saturated rings. The number of piperazine rings is 1. The molecule has 2 aliphatic rings. The minimum Gasteiger partial charge on any atom is -0.710 e. The standard InChI is InChI=1S/C14H15N5OS/c20-19-10-9-18-13(17-7-5-15-6-8-17)16-11-3-1-2-4-12(11)21-14(18)19/h1-4,9-10,15H,5-8H2. The van der Waals surface area contributed by atoms with Gasteiger partial charge in [-0.25, -0.2) is 4.73 Å². The highest BCUT2D eigenvalue weighted by Crippen LogP contribution is 2.36. The number of para-hydroxylation sites is 1. The van der Waals surface area contributed by atoms with Crippen molar-refractivity contribution in [3.63, 3.8) is 0 Å². The highest BCUT2D eigenvalue weighted by molar-refractivity contribution is 7.99. The maximum absolute atomic E-state index is 12.0. The Balaban J connectivity index is 1.87. The Labute approximate surface area is 126 Å². The molecule has 0 bridgehead atoms. The van der Waals surface area contributed by atoms with Gasteiger partial charge in [0, 0.05) is 42.8 Å². The molecule has 1 aromatic carbocycles. The third-order valence-corrected chi connectivity index (χ3v) is 4.77. The number of rotatable bonds is 0. The Morgan fingerprint density at radius 3 is 2.90 bits per heavy atom. The van der Waals surface area contributed by atoms with Gasteiger partial charge in [0.2, 0.25) is 0 Å². The normalized spacial score (nSPS) is 17.7. The zero-order chi connectivity index (χ0) is 14.2. The highest BCUT2D eigenvalue weighted by atomic mass is 32.2. The molecule has 0 atom stereocenters. The number of hydrogen-bond acceptors (Lipinski definition) is 5. The summed E-state index contributed by atoms with van der Waals surface area (Å²) in [6.07, 6.45) is 3.33. The fraction of sp³-hybridized carbons (Fsp3) is 0.286. The van der Waals surface area contributed by atoms with E-state index in [4.69, 9.17) is 4.99 Å². The molecule has 0 spiro atoms. The van der Waals surface area contributed by atoms with Crippen molar-refractivity contribution in [3.05, 3.63) is 41.9 Å². The number of nitrogens with one attached hydrogen (secondary N) is 1. The first-order valence-electron chi connectivity index (χ1n) is 6.95. The van der Waals surface area contributed by atoms with Crippen molar-refractivity contribution in [1.29, 1.82) is 0 Å². The van der Waals surface area contributed by atoms with Crippen molar-refractivity contribution in [2.45, 2.75) is 10.1 Å². The fourth-order valence-corrected chi connectivity index (χ4v) is 3.54. The molecule has 0 saturated carbocycles. The summed E-state index contributed by atoms with van der Waals surface area (Å²) >= 11 is 1.46. The molecule has 7 heteroatoms. The summed E-state index contributed by atoms with van der Waals surface area (Å²) in [6, 6.07) is 7.94. The van der Waals surface area contributed by atoms with Gasteiger partial charge in [0.1, 0.15) is 12.4 Å². The molecule has 1 N–H and O–H groups in total. The summed E-state index contributed by atoms with van der Waals surface area (Å²) in [5, 5.41) is 16.0. The molecular formula is C14H15N5OS. The quantitative estimate of drug-likeness (QED) is 0.583. The van der Waals surface area contributed by atoms with Crippen LogP contribution in [0.2, 0.25) is 0 Å². The lowest BCUT2D eigenvalue weighted by atomic mass is 10.3. The van der Waals surface area contributed by atoms with Crippen molar-refractivity contribution in [2.75, 3.05) is 26.2 Å². The average Bonchev–Trinajstić information content (AvgIpc) is 2.80. The van der Waals surface area contributed by atoms with Crippen LogP contribution in [0.1, 0.15) is 0 Å². The number of fused-ring (bicyclic) bond motifs is 2. The van der Waals surface area contributed by atoms with Gasteiger partial charge < -0.3 is 15.4 Å². The van der Waals surface area contributed by atoms with Gasteiger partial charge >= 0.3 is 11.1 Å². The summed E-state index contributed by atoms with van der Waals surface area (Å²) in [5.41, 5.74) is 0.916. The third-order valence-electron chi connectivity index (χ3n) is 3.65. The Morgan fingerprint density at radius 2 is 2.05 bits per heavy atom. The van der Waals surface area contributed by atoms with Crippen LogP contribution in [0.25, 0.3) is 0 Å². The molecule has 6 nitrogen and oxygen atoms in total. The molecule has 1 saturated heterocycles. The number of nitrogens with zero attached hydrogens (tertiary/aromatic N) is 4. The van der Waals surface area contributed by atoms with Crippen molar-refractivity contribution >= 4 is 23.4 Å². The van der Waals surface area contributed by atoms with Gasteiger partial charge in [-0.1, -0.05) is 12.1 Å². The van der Waals surface area contributed by atoms with E-state index in [1.807, 2.05) is 28.8 Å². The Morgan fingerprint density at radius 1 is 1.24 bits per heavy atom. The summed E-state index contributed by atoms with van der Waals surface area (Å²) in [4.78, 5) is 8.05. The number of hydrogen-bond donors (Lipinski definition) is 1. The number of aliphatic imine (C=N–C) groups is 1. The van der Waals surface area contributed by atoms with Crippen molar-refractivity contribution in [1.82, 2.24) is 14.8 Å².